The van der Waals surface area contributed by atoms with E-state index in [9.17, 15) is 14.4 Å². The zero-order valence-electron chi connectivity index (χ0n) is 22.8. The van der Waals surface area contributed by atoms with Gasteiger partial charge in [0.15, 0.2) is 5.75 Å². The van der Waals surface area contributed by atoms with Crippen LogP contribution in [0.4, 0.5) is 26.7 Å². The summed E-state index contributed by atoms with van der Waals surface area (Å²) in [5.41, 5.74) is 2.42. The monoisotopic (exact) mass is 534 g/mol. The topological polar surface area (TPSA) is 118 Å². The third-order valence-electron chi connectivity index (χ3n) is 6.53. The molecule has 0 bridgehead atoms. The summed E-state index contributed by atoms with van der Waals surface area (Å²) >= 11 is 0. The van der Waals surface area contributed by atoms with Gasteiger partial charge in [-0.25, -0.2) is 9.59 Å². The van der Waals surface area contributed by atoms with E-state index >= 15 is 0 Å². The second-order valence-electron chi connectivity index (χ2n) is 10.2. The molecule has 3 N–H and O–H groups in total. The molecule has 0 radical (unpaired) electrons. The lowest BCUT2D eigenvalue weighted by Gasteiger charge is -2.27. The SMILES string of the molecule is COC(=O)Nc1cc(C(C)(C)C)cc(NC(=O)Nc2ccc(C(=O)N3CCOCC3)c3ccccc23)c1OC. The van der Waals surface area contributed by atoms with Crippen molar-refractivity contribution in [2.45, 2.75) is 26.2 Å². The number of nitrogens with one attached hydrogen (secondary N) is 3. The van der Waals surface area contributed by atoms with Crippen LogP contribution in [0.3, 0.4) is 0 Å². The number of hydrogen-bond acceptors (Lipinski definition) is 6. The smallest absolute Gasteiger partial charge is 0.411 e. The van der Waals surface area contributed by atoms with Gasteiger partial charge in [0.1, 0.15) is 0 Å². The Balaban J connectivity index is 1.64. The quantitative estimate of drug-likeness (QED) is 0.401. The van der Waals surface area contributed by atoms with Crippen LogP contribution in [0.15, 0.2) is 48.5 Å². The van der Waals surface area contributed by atoms with Crippen LogP contribution < -0.4 is 20.7 Å². The zero-order valence-corrected chi connectivity index (χ0v) is 22.8. The molecule has 1 aliphatic heterocycles. The van der Waals surface area contributed by atoms with Gasteiger partial charge in [-0.15, -0.1) is 0 Å². The van der Waals surface area contributed by atoms with Crippen molar-refractivity contribution in [1.82, 2.24) is 4.90 Å². The molecule has 0 aromatic heterocycles. The van der Waals surface area contributed by atoms with Crippen LogP contribution >= 0.6 is 0 Å². The van der Waals surface area contributed by atoms with E-state index < -0.39 is 12.1 Å². The average molecular weight is 535 g/mol. The number of hydrogen-bond donors (Lipinski definition) is 3. The molecule has 0 unspecified atom stereocenters. The third-order valence-corrected chi connectivity index (χ3v) is 6.53. The first-order valence-electron chi connectivity index (χ1n) is 12.7. The third kappa shape index (κ3) is 6.23. The largest absolute Gasteiger partial charge is 0.492 e. The van der Waals surface area contributed by atoms with Crippen molar-refractivity contribution in [3.8, 4) is 5.75 Å². The van der Waals surface area contributed by atoms with E-state index in [1.54, 1.807) is 23.1 Å². The molecule has 0 saturated carbocycles. The van der Waals surface area contributed by atoms with E-state index in [0.717, 1.165) is 16.3 Å². The number of benzene rings is 3. The number of morpholine rings is 1. The highest BCUT2D eigenvalue weighted by atomic mass is 16.5. The number of carbonyl (C=O) groups is 3. The highest BCUT2D eigenvalue weighted by molar-refractivity contribution is 6.13. The van der Waals surface area contributed by atoms with Crippen LogP contribution in [-0.2, 0) is 14.9 Å². The molecule has 206 valence electrons. The van der Waals surface area contributed by atoms with E-state index in [1.807, 2.05) is 51.1 Å². The maximum Gasteiger partial charge on any atom is 0.411 e. The molecule has 1 saturated heterocycles. The number of methoxy groups -OCH3 is 2. The Labute approximate surface area is 227 Å². The standard InChI is InChI=1S/C29H34N4O6/c1-29(2,3)18-16-23(25(37-4)24(17-18)32-28(36)38-5)31-27(35)30-22-11-10-21(19-8-6-7-9-20(19)22)26(34)33-12-14-39-15-13-33/h6-11,16-17H,12-15H2,1-5H3,(H,32,36)(H2,30,31,35). The lowest BCUT2D eigenvalue weighted by molar-refractivity contribution is 0.0304. The molecule has 10 nitrogen and oxygen atoms in total. The minimum absolute atomic E-state index is 0.0696. The van der Waals surface area contributed by atoms with Crippen molar-refractivity contribution < 1.29 is 28.6 Å². The molecule has 1 fully saturated rings. The van der Waals surface area contributed by atoms with Gasteiger partial charge in [-0.05, 0) is 40.6 Å². The van der Waals surface area contributed by atoms with E-state index in [4.69, 9.17) is 14.2 Å². The van der Waals surface area contributed by atoms with Gasteiger partial charge in [-0.1, -0.05) is 45.0 Å². The Morgan fingerprint density at radius 3 is 2.08 bits per heavy atom. The molecule has 1 heterocycles. The Bertz CT molecular complexity index is 1390. The van der Waals surface area contributed by atoms with Crippen LogP contribution in [0.5, 0.6) is 5.75 Å². The summed E-state index contributed by atoms with van der Waals surface area (Å²) in [5.74, 6) is 0.208. The van der Waals surface area contributed by atoms with Crippen molar-refractivity contribution in [2.75, 3.05) is 56.5 Å². The molecule has 39 heavy (non-hydrogen) atoms. The second-order valence-corrected chi connectivity index (χ2v) is 10.2. The maximum atomic E-state index is 13.2. The van der Waals surface area contributed by atoms with Crippen LogP contribution in [0.25, 0.3) is 10.8 Å². The first-order valence-corrected chi connectivity index (χ1v) is 12.7. The van der Waals surface area contributed by atoms with Gasteiger partial charge in [0.25, 0.3) is 5.91 Å². The number of urea groups is 1. The van der Waals surface area contributed by atoms with Crippen molar-refractivity contribution >= 4 is 45.9 Å². The number of nitrogens with zero attached hydrogens (tertiary/aromatic N) is 1. The number of anilines is 3. The summed E-state index contributed by atoms with van der Waals surface area (Å²) in [6.45, 7) is 8.17. The Hall–Kier alpha value is -4.31. The first kappa shape index (κ1) is 27.7. The molecule has 3 aromatic rings. The Morgan fingerprint density at radius 1 is 0.846 bits per heavy atom. The van der Waals surface area contributed by atoms with Gasteiger partial charge in [-0.2, -0.15) is 0 Å². The number of ether oxygens (including phenoxy) is 3. The summed E-state index contributed by atoms with van der Waals surface area (Å²) in [7, 11) is 2.72. The highest BCUT2D eigenvalue weighted by Gasteiger charge is 2.23. The van der Waals surface area contributed by atoms with Gasteiger partial charge < -0.3 is 29.7 Å². The van der Waals surface area contributed by atoms with Crippen LogP contribution in [0.1, 0.15) is 36.7 Å². The molecular weight excluding hydrogens is 500 g/mol. The molecule has 3 aromatic carbocycles. The van der Waals surface area contributed by atoms with Crippen molar-refractivity contribution in [1.29, 1.82) is 0 Å². The second kappa shape index (κ2) is 11.6. The van der Waals surface area contributed by atoms with E-state index in [0.29, 0.717) is 48.9 Å². The van der Waals surface area contributed by atoms with Crippen molar-refractivity contribution in [2.24, 2.45) is 0 Å². The van der Waals surface area contributed by atoms with Crippen LogP contribution in [0.2, 0.25) is 0 Å². The van der Waals surface area contributed by atoms with E-state index in [-0.39, 0.29) is 17.1 Å². The number of carbonyl (C=O) groups excluding carboxylic acids is 3. The normalized spacial score (nSPS) is 13.5. The number of rotatable bonds is 5. The first-order chi connectivity index (χ1) is 18.6. The minimum atomic E-state index is -0.659. The molecule has 1 aliphatic rings. The summed E-state index contributed by atoms with van der Waals surface area (Å²) < 4.78 is 15.7. The maximum absolute atomic E-state index is 13.2. The predicted octanol–water partition coefficient (Wildman–Crippen LogP) is 5.44. The summed E-state index contributed by atoms with van der Waals surface area (Å²) in [5, 5.41) is 9.87. The van der Waals surface area contributed by atoms with Gasteiger partial charge in [-0.3, -0.25) is 10.1 Å². The molecule has 0 spiro atoms. The molecule has 4 amide bonds. The number of amides is 4. The fourth-order valence-electron chi connectivity index (χ4n) is 4.44. The molecule has 4 rings (SSSR count). The van der Waals surface area contributed by atoms with E-state index in [2.05, 4.69) is 16.0 Å². The van der Waals surface area contributed by atoms with E-state index in [1.165, 1.54) is 14.2 Å². The van der Waals surface area contributed by atoms with Gasteiger partial charge in [0.05, 0.1) is 44.5 Å². The average Bonchev–Trinajstić information content (AvgIpc) is 2.92. The van der Waals surface area contributed by atoms with Crippen LogP contribution in [-0.4, -0.2) is 63.5 Å². The lowest BCUT2D eigenvalue weighted by atomic mass is 9.86. The summed E-state index contributed by atoms with van der Waals surface area (Å²) in [6.07, 6.45) is -0.659. The molecule has 10 heteroatoms. The molecule has 0 atom stereocenters. The summed E-state index contributed by atoms with van der Waals surface area (Å²) in [4.78, 5) is 40.2. The van der Waals surface area contributed by atoms with Crippen LogP contribution in [0, 0.1) is 0 Å². The number of fused-ring (bicyclic) bond motifs is 1. The summed E-state index contributed by atoms with van der Waals surface area (Å²) in [6, 6.07) is 14.0. The highest BCUT2D eigenvalue weighted by Crippen LogP contribution is 2.39. The van der Waals surface area contributed by atoms with Gasteiger partial charge in [0.2, 0.25) is 0 Å². The zero-order chi connectivity index (χ0) is 28.2. The lowest BCUT2D eigenvalue weighted by Crippen LogP contribution is -2.40. The minimum Gasteiger partial charge on any atom is -0.492 e. The molecule has 0 aliphatic carbocycles. The fourth-order valence-corrected chi connectivity index (χ4v) is 4.44. The van der Waals surface area contributed by atoms with Crippen molar-refractivity contribution in [3.63, 3.8) is 0 Å². The predicted molar refractivity (Wildman–Crippen MR) is 151 cm³/mol. The Kier molecular flexibility index (Phi) is 8.25. The van der Waals surface area contributed by atoms with Gasteiger partial charge in [0, 0.05) is 24.0 Å². The molecular formula is C29H34N4O6. The van der Waals surface area contributed by atoms with Gasteiger partial charge >= 0.3 is 12.1 Å². The van der Waals surface area contributed by atoms with Crippen molar-refractivity contribution in [3.05, 3.63) is 59.7 Å². The Morgan fingerprint density at radius 2 is 1.46 bits per heavy atom. The fraction of sp³-hybridized carbons (Fsp3) is 0.345.